The first kappa shape index (κ1) is 14.2. The molecule has 1 heterocycles. The molecule has 1 aromatic rings. The van der Waals surface area contributed by atoms with Crippen LogP contribution in [-0.4, -0.2) is 42.4 Å². The smallest absolute Gasteiger partial charge is 0.117 e. The summed E-state index contributed by atoms with van der Waals surface area (Å²) in [5, 5.41) is 9.87. The first-order chi connectivity index (χ1) is 8.01. The fourth-order valence-corrected chi connectivity index (χ4v) is 1.82. The average Bonchev–Trinajstić information content (AvgIpc) is 2.68. The number of methoxy groups -OCH3 is 1. The maximum absolute atomic E-state index is 9.87. The Morgan fingerprint density at radius 1 is 1.47 bits per heavy atom. The topological polar surface area (TPSA) is 45.8 Å². The van der Waals surface area contributed by atoms with Gasteiger partial charge in [-0.25, -0.2) is 0 Å². The van der Waals surface area contributed by atoms with Gasteiger partial charge in [-0.15, -0.1) is 0 Å². The molecule has 17 heavy (non-hydrogen) atoms. The molecule has 0 saturated carbocycles. The van der Waals surface area contributed by atoms with E-state index in [1.807, 2.05) is 26.0 Å². The normalized spacial score (nSPS) is 12.3. The maximum atomic E-state index is 9.87. The number of furan rings is 1. The number of aliphatic hydroxyl groups is 1. The third kappa shape index (κ3) is 6.46. The van der Waals surface area contributed by atoms with Gasteiger partial charge in [0, 0.05) is 26.8 Å². The zero-order chi connectivity index (χ0) is 12.7. The molecule has 98 valence electrons. The minimum absolute atomic E-state index is 0.622. The van der Waals surface area contributed by atoms with Gasteiger partial charge in [-0.3, -0.25) is 4.90 Å². The molecule has 0 saturated heterocycles. The van der Waals surface area contributed by atoms with Gasteiger partial charge in [-0.1, -0.05) is 0 Å². The Hall–Kier alpha value is -0.840. The second kappa shape index (κ2) is 6.79. The van der Waals surface area contributed by atoms with Crippen LogP contribution in [0.5, 0.6) is 0 Å². The van der Waals surface area contributed by atoms with Crippen molar-refractivity contribution in [1.82, 2.24) is 4.90 Å². The lowest BCUT2D eigenvalue weighted by Crippen LogP contribution is -2.39. The van der Waals surface area contributed by atoms with Crippen LogP contribution < -0.4 is 0 Å². The summed E-state index contributed by atoms with van der Waals surface area (Å²) < 4.78 is 10.4. The number of rotatable bonds is 8. The number of ether oxygens (including phenoxy) is 1. The van der Waals surface area contributed by atoms with E-state index in [0.717, 1.165) is 31.9 Å². The van der Waals surface area contributed by atoms with Crippen LogP contribution in [0.15, 0.2) is 22.8 Å². The van der Waals surface area contributed by atoms with E-state index in [1.165, 1.54) is 0 Å². The summed E-state index contributed by atoms with van der Waals surface area (Å²) in [5.74, 6) is 0.923. The van der Waals surface area contributed by atoms with Crippen molar-refractivity contribution in [2.75, 3.05) is 26.8 Å². The predicted molar refractivity (Wildman–Crippen MR) is 66.8 cm³/mol. The Bertz CT molecular complexity index is 290. The van der Waals surface area contributed by atoms with Gasteiger partial charge >= 0.3 is 0 Å². The molecule has 4 nitrogen and oxygen atoms in total. The molecule has 0 unspecified atom stereocenters. The van der Waals surface area contributed by atoms with Crippen LogP contribution >= 0.6 is 0 Å². The minimum Gasteiger partial charge on any atom is -0.468 e. The van der Waals surface area contributed by atoms with Gasteiger partial charge in [0.05, 0.1) is 18.4 Å². The second-order valence-electron chi connectivity index (χ2n) is 4.95. The fraction of sp³-hybridized carbons (Fsp3) is 0.692. The van der Waals surface area contributed by atoms with Crippen LogP contribution in [0.2, 0.25) is 0 Å². The summed E-state index contributed by atoms with van der Waals surface area (Å²) in [5.41, 5.74) is -0.695. The Morgan fingerprint density at radius 3 is 2.76 bits per heavy atom. The Labute approximate surface area is 103 Å². The Kier molecular flexibility index (Phi) is 5.68. The summed E-state index contributed by atoms with van der Waals surface area (Å²) in [7, 11) is 1.70. The van der Waals surface area contributed by atoms with Gasteiger partial charge in [-0.2, -0.15) is 0 Å². The molecule has 1 rings (SSSR count). The van der Waals surface area contributed by atoms with Crippen molar-refractivity contribution in [2.45, 2.75) is 32.4 Å². The lowest BCUT2D eigenvalue weighted by atomic mass is 10.1. The van der Waals surface area contributed by atoms with Gasteiger partial charge in [0.1, 0.15) is 5.76 Å². The average molecular weight is 241 g/mol. The number of hydrogen-bond donors (Lipinski definition) is 1. The van der Waals surface area contributed by atoms with Gasteiger partial charge in [-0.05, 0) is 32.4 Å². The van der Waals surface area contributed by atoms with Crippen molar-refractivity contribution in [1.29, 1.82) is 0 Å². The molecule has 0 aliphatic carbocycles. The molecule has 0 atom stereocenters. The van der Waals surface area contributed by atoms with Gasteiger partial charge in [0.15, 0.2) is 0 Å². The molecule has 4 heteroatoms. The third-order valence-corrected chi connectivity index (χ3v) is 2.39. The van der Waals surface area contributed by atoms with Crippen LogP contribution in [0, 0.1) is 0 Å². The van der Waals surface area contributed by atoms with Crippen LogP contribution in [-0.2, 0) is 11.3 Å². The van der Waals surface area contributed by atoms with Crippen molar-refractivity contribution in [2.24, 2.45) is 0 Å². The Morgan fingerprint density at radius 2 is 2.24 bits per heavy atom. The first-order valence-electron chi connectivity index (χ1n) is 5.97. The zero-order valence-corrected chi connectivity index (χ0v) is 11.0. The molecule has 0 spiro atoms. The highest BCUT2D eigenvalue weighted by atomic mass is 16.5. The zero-order valence-electron chi connectivity index (χ0n) is 11.0. The van der Waals surface area contributed by atoms with E-state index in [-0.39, 0.29) is 0 Å². The maximum Gasteiger partial charge on any atom is 0.117 e. The molecule has 0 fully saturated rings. The molecule has 0 aliphatic heterocycles. The van der Waals surface area contributed by atoms with E-state index in [2.05, 4.69) is 4.90 Å². The highest BCUT2D eigenvalue weighted by Crippen LogP contribution is 2.11. The van der Waals surface area contributed by atoms with Gasteiger partial charge in [0.25, 0.3) is 0 Å². The molecule has 0 radical (unpaired) electrons. The SMILES string of the molecule is COCCCN(Cc1ccco1)CC(C)(C)O. The van der Waals surface area contributed by atoms with E-state index in [4.69, 9.17) is 9.15 Å². The highest BCUT2D eigenvalue weighted by molar-refractivity contribution is 4.98. The largest absolute Gasteiger partial charge is 0.468 e. The van der Waals surface area contributed by atoms with E-state index in [9.17, 15) is 5.11 Å². The van der Waals surface area contributed by atoms with Crippen LogP contribution in [0.4, 0.5) is 0 Å². The summed E-state index contributed by atoms with van der Waals surface area (Å²) in [6.07, 6.45) is 2.63. The monoisotopic (exact) mass is 241 g/mol. The molecule has 1 aromatic heterocycles. The van der Waals surface area contributed by atoms with E-state index >= 15 is 0 Å². The molecule has 0 aromatic carbocycles. The van der Waals surface area contributed by atoms with E-state index in [1.54, 1.807) is 13.4 Å². The lowest BCUT2D eigenvalue weighted by Gasteiger charge is -2.28. The molecule has 1 N–H and O–H groups in total. The van der Waals surface area contributed by atoms with Crippen LogP contribution in [0.1, 0.15) is 26.0 Å². The molecule has 0 bridgehead atoms. The van der Waals surface area contributed by atoms with Crippen molar-refractivity contribution < 1.29 is 14.3 Å². The molecule has 0 aliphatic rings. The molecular weight excluding hydrogens is 218 g/mol. The van der Waals surface area contributed by atoms with Crippen molar-refractivity contribution in [3.8, 4) is 0 Å². The first-order valence-corrected chi connectivity index (χ1v) is 5.97. The van der Waals surface area contributed by atoms with Crippen molar-refractivity contribution in [3.63, 3.8) is 0 Å². The second-order valence-corrected chi connectivity index (χ2v) is 4.95. The van der Waals surface area contributed by atoms with Gasteiger partial charge in [0.2, 0.25) is 0 Å². The number of hydrogen-bond acceptors (Lipinski definition) is 4. The third-order valence-electron chi connectivity index (χ3n) is 2.39. The predicted octanol–water partition coefficient (Wildman–Crippen LogP) is 1.89. The minimum atomic E-state index is -0.695. The summed E-state index contributed by atoms with van der Waals surface area (Å²) in [6, 6.07) is 3.83. The molecule has 0 amide bonds. The van der Waals surface area contributed by atoms with Crippen LogP contribution in [0.3, 0.4) is 0 Å². The Balaban J connectivity index is 2.46. The van der Waals surface area contributed by atoms with E-state index < -0.39 is 5.60 Å². The highest BCUT2D eigenvalue weighted by Gasteiger charge is 2.18. The summed E-state index contributed by atoms with van der Waals surface area (Å²) in [6.45, 7) is 6.61. The molecular formula is C13H23NO3. The van der Waals surface area contributed by atoms with Gasteiger partial charge < -0.3 is 14.3 Å². The summed E-state index contributed by atoms with van der Waals surface area (Å²) in [4.78, 5) is 2.18. The van der Waals surface area contributed by atoms with Crippen molar-refractivity contribution >= 4 is 0 Å². The quantitative estimate of drug-likeness (QED) is 0.706. The van der Waals surface area contributed by atoms with E-state index in [0.29, 0.717) is 6.54 Å². The standard InChI is InChI=1S/C13H23NO3/c1-13(2,15)11-14(7-5-8-16-3)10-12-6-4-9-17-12/h4,6,9,15H,5,7-8,10-11H2,1-3H3. The fourth-order valence-electron chi connectivity index (χ4n) is 1.82. The van der Waals surface area contributed by atoms with Crippen molar-refractivity contribution in [3.05, 3.63) is 24.2 Å². The van der Waals surface area contributed by atoms with Crippen LogP contribution in [0.25, 0.3) is 0 Å². The summed E-state index contributed by atoms with van der Waals surface area (Å²) >= 11 is 0. The lowest BCUT2D eigenvalue weighted by molar-refractivity contribution is 0.0285. The number of nitrogens with zero attached hydrogens (tertiary/aromatic N) is 1.